The molecule has 4 nitrogen and oxygen atoms in total. The maximum absolute atomic E-state index is 12.2. The Morgan fingerprint density at radius 1 is 1.27 bits per heavy atom. The van der Waals surface area contributed by atoms with E-state index in [0.717, 1.165) is 16.0 Å². The van der Waals surface area contributed by atoms with Crippen molar-refractivity contribution in [3.8, 4) is 0 Å². The summed E-state index contributed by atoms with van der Waals surface area (Å²) < 4.78 is 0. The van der Waals surface area contributed by atoms with E-state index < -0.39 is 0 Å². The molecule has 0 aliphatic rings. The van der Waals surface area contributed by atoms with Crippen LogP contribution in [-0.2, 0) is 0 Å². The van der Waals surface area contributed by atoms with Crippen molar-refractivity contribution in [2.24, 2.45) is 5.73 Å². The fourth-order valence-electron chi connectivity index (χ4n) is 2.40. The molecule has 0 radical (unpaired) electrons. The largest absolute Gasteiger partial charge is 0.343 e. The van der Waals surface area contributed by atoms with E-state index in [1.807, 2.05) is 31.2 Å². The van der Waals surface area contributed by atoms with E-state index in [-0.39, 0.29) is 11.9 Å². The molecule has 1 aromatic heterocycles. The number of nitrogens with two attached hydrogens (primary N) is 1. The lowest BCUT2D eigenvalue weighted by Gasteiger charge is -2.17. The molecule has 3 N–H and O–H groups in total. The van der Waals surface area contributed by atoms with Gasteiger partial charge in [-0.15, -0.1) is 11.3 Å². The highest BCUT2D eigenvalue weighted by Crippen LogP contribution is 2.20. The summed E-state index contributed by atoms with van der Waals surface area (Å²) in [6, 6.07) is 14.0. The van der Waals surface area contributed by atoms with Crippen molar-refractivity contribution in [3.05, 3.63) is 64.1 Å². The Kier molecular flexibility index (Phi) is 4.18. The van der Waals surface area contributed by atoms with E-state index in [0.29, 0.717) is 12.2 Å². The molecule has 3 rings (SSSR count). The number of carbonyl (C=O) groups excluding carboxylic acids is 1. The maximum atomic E-state index is 12.2. The minimum Gasteiger partial charge on any atom is -0.343 e. The van der Waals surface area contributed by atoms with Crippen LogP contribution in [-0.4, -0.2) is 17.4 Å². The fourth-order valence-corrected chi connectivity index (χ4v) is 3.00. The molecule has 1 unspecified atom stereocenters. The van der Waals surface area contributed by atoms with E-state index >= 15 is 0 Å². The van der Waals surface area contributed by atoms with Gasteiger partial charge < -0.3 is 11.1 Å². The Bertz CT molecular complexity index is 812. The summed E-state index contributed by atoms with van der Waals surface area (Å²) in [5.74, 6) is -0.187. The van der Waals surface area contributed by atoms with Crippen molar-refractivity contribution in [2.75, 3.05) is 6.54 Å². The van der Waals surface area contributed by atoms with Gasteiger partial charge in [-0.1, -0.05) is 36.4 Å². The molecular weight excluding hydrogens is 294 g/mol. The summed E-state index contributed by atoms with van der Waals surface area (Å²) in [4.78, 5) is 16.4. The van der Waals surface area contributed by atoms with Gasteiger partial charge in [-0.25, -0.2) is 4.98 Å². The SMILES string of the molecule is Cc1nc(C(=O)NC(CN)c2ccc3ccccc3c2)cs1. The van der Waals surface area contributed by atoms with Crippen LogP contribution >= 0.6 is 11.3 Å². The molecule has 0 aliphatic carbocycles. The lowest BCUT2D eigenvalue weighted by atomic mass is 10.0. The summed E-state index contributed by atoms with van der Waals surface area (Å²) in [7, 11) is 0. The van der Waals surface area contributed by atoms with Gasteiger partial charge in [-0.3, -0.25) is 4.79 Å². The number of hydrogen-bond acceptors (Lipinski definition) is 4. The monoisotopic (exact) mass is 311 g/mol. The number of aromatic nitrogens is 1. The van der Waals surface area contributed by atoms with E-state index in [2.05, 4.69) is 28.5 Å². The zero-order valence-corrected chi connectivity index (χ0v) is 13.1. The van der Waals surface area contributed by atoms with E-state index in [4.69, 9.17) is 5.73 Å². The van der Waals surface area contributed by atoms with Crippen LogP contribution in [0.4, 0.5) is 0 Å². The third kappa shape index (κ3) is 3.00. The number of nitrogens with one attached hydrogen (secondary N) is 1. The first-order valence-electron chi connectivity index (χ1n) is 7.09. The summed E-state index contributed by atoms with van der Waals surface area (Å²) >= 11 is 1.46. The lowest BCUT2D eigenvalue weighted by molar-refractivity contribution is 0.0933. The molecule has 0 spiro atoms. The smallest absolute Gasteiger partial charge is 0.271 e. The van der Waals surface area contributed by atoms with Crippen molar-refractivity contribution in [2.45, 2.75) is 13.0 Å². The predicted octanol–water partition coefficient (Wildman–Crippen LogP) is 3.03. The van der Waals surface area contributed by atoms with Gasteiger partial charge in [0.25, 0.3) is 5.91 Å². The van der Waals surface area contributed by atoms with Crippen LogP contribution in [0.5, 0.6) is 0 Å². The third-order valence-electron chi connectivity index (χ3n) is 3.57. The fraction of sp³-hybridized carbons (Fsp3) is 0.176. The molecular formula is C17H17N3OS. The molecule has 112 valence electrons. The van der Waals surface area contributed by atoms with Crippen LogP contribution in [0.25, 0.3) is 10.8 Å². The van der Waals surface area contributed by atoms with Gasteiger partial charge in [0.2, 0.25) is 0 Å². The molecule has 0 fully saturated rings. The molecule has 5 heteroatoms. The third-order valence-corrected chi connectivity index (χ3v) is 4.34. The molecule has 3 aromatic rings. The molecule has 2 aromatic carbocycles. The van der Waals surface area contributed by atoms with E-state index in [9.17, 15) is 4.79 Å². The highest BCUT2D eigenvalue weighted by Gasteiger charge is 2.16. The molecule has 0 saturated carbocycles. The van der Waals surface area contributed by atoms with Gasteiger partial charge in [-0.05, 0) is 29.3 Å². The Hall–Kier alpha value is -2.24. The Labute approximate surface area is 133 Å². The minimum absolute atomic E-state index is 0.187. The second-order valence-corrected chi connectivity index (χ2v) is 6.18. The van der Waals surface area contributed by atoms with E-state index in [1.54, 1.807) is 5.38 Å². The first-order chi connectivity index (χ1) is 10.7. The van der Waals surface area contributed by atoms with Crippen LogP contribution in [0.2, 0.25) is 0 Å². The number of thiazole rings is 1. The van der Waals surface area contributed by atoms with Crippen LogP contribution in [0.15, 0.2) is 47.8 Å². The Morgan fingerprint density at radius 3 is 2.73 bits per heavy atom. The zero-order chi connectivity index (χ0) is 15.5. The normalized spacial score (nSPS) is 12.3. The highest BCUT2D eigenvalue weighted by atomic mass is 32.1. The number of rotatable bonds is 4. The van der Waals surface area contributed by atoms with Gasteiger partial charge in [-0.2, -0.15) is 0 Å². The van der Waals surface area contributed by atoms with Crippen molar-refractivity contribution in [1.29, 1.82) is 0 Å². The molecule has 0 bridgehead atoms. The van der Waals surface area contributed by atoms with Crippen LogP contribution < -0.4 is 11.1 Å². The lowest BCUT2D eigenvalue weighted by Crippen LogP contribution is -2.33. The topological polar surface area (TPSA) is 68.0 Å². The van der Waals surface area contributed by atoms with Gasteiger partial charge in [0, 0.05) is 11.9 Å². The summed E-state index contributed by atoms with van der Waals surface area (Å²) in [5.41, 5.74) is 7.30. The summed E-state index contributed by atoms with van der Waals surface area (Å²) in [6.45, 7) is 2.22. The maximum Gasteiger partial charge on any atom is 0.271 e. The van der Waals surface area contributed by atoms with E-state index in [1.165, 1.54) is 16.7 Å². The number of amides is 1. The van der Waals surface area contributed by atoms with Crippen LogP contribution in [0.3, 0.4) is 0 Å². The molecule has 1 heterocycles. The highest BCUT2D eigenvalue weighted by molar-refractivity contribution is 7.09. The number of hydrogen-bond donors (Lipinski definition) is 2. The van der Waals surface area contributed by atoms with Crippen LogP contribution in [0, 0.1) is 6.92 Å². The standard InChI is InChI=1S/C17H17N3OS/c1-11-19-16(10-22-11)17(21)20-15(9-18)14-7-6-12-4-2-3-5-13(12)8-14/h2-8,10,15H,9,18H2,1H3,(H,20,21). The van der Waals surface area contributed by atoms with Crippen molar-refractivity contribution in [1.82, 2.24) is 10.3 Å². The quantitative estimate of drug-likeness (QED) is 0.778. The Morgan fingerprint density at radius 2 is 2.05 bits per heavy atom. The van der Waals surface area contributed by atoms with Gasteiger partial charge in [0.05, 0.1) is 11.0 Å². The summed E-state index contributed by atoms with van der Waals surface area (Å²) in [6.07, 6.45) is 0. The van der Waals surface area contributed by atoms with Gasteiger partial charge in [0.15, 0.2) is 0 Å². The van der Waals surface area contributed by atoms with Crippen LogP contribution in [0.1, 0.15) is 27.1 Å². The Balaban J connectivity index is 1.84. The first kappa shape index (κ1) is 14.7. The predicted molar refractivity (Wildman–Crippen MR) is 90.1 cm³/mol. The average molecular weight is 311 g/mol. The second kappa shape index (κ2) is 6.25. The number of carbonyl (C=O) groups is 1. The number of benzene rings is 2. The molecule has 0 aliphatic heterocycles. The molecule has 1 amide bonds. The van der Waals surface area contributed by atoms with Gasteiger partial charge >= 0.3 is 0 Å². The zero-order valence-electron chi connectivity index (χ0n) is 12.2. The van der Waals surface area contributed by atoms with Crippen molar-refractivity contribution >= 4 is 28.0 Å². The molecule has 22 heavy (non-hydrogen) atoms. The number of aryl methyl sites for hydroxylation is 1. The van der Waals surface area contributed by atoms with Crippen molar-refractivity contribution in [3.63, 3.8) is 0 Å². The van der Waals surface area contributed by atoms with Gasteiger partial charge in [0.1, 0.15) is 5.69 Å². The first-order valence-corrected chi connectivity index (χ1v) is 7.97. The summed E-state index contributed by atoms with van der Waals surface area (Å²) in [5, 5.41) is 7.90. The second-order valence-electron chi connectivity index (χ2n) is 5.12. The minimum atomic E-state index is -0.223. The number of fused-ring (bicyclic) bond motifs is 1. The number of nitrogens with zero attached hydrogens (tertiary/aromatic N) is 1. The molecule has 1 atom stereocenters. The molecule has 0 saturated heterocycles. The van der Waals surface area contributed by atoms with Crippen molar-refractivity contribution < 1.29 is 4.79 Å². The average Bonchev–Trinajstić information content (AvgIpc) is 2.98.